The van der Waals surface area contributed by atoms with Crippen molar-refractivity contribution < 1.29 is 14.5 Å². The van der Waals surface area contributed by atoms with E-state index in [9.17, 15) is 14.9 Å². The highest BCUT2D eigenvalue weighted by molar-refractivity contribution is 5.95. The maximum atomic E-state index is 13.1. The fraction of sp³-hybridized carbons (Fsp3) is 0.520. The van der Waals surface area contributed by atoms with Crippen molar-refractivity contribution in [2.45, 2.75) is 32.2 Å². The summed E-state index contributed by atoms with van der Waals surface area (Å²) < 4.78 is 5.41. The van der Waals surface area contributed by atoms with Gasteiger partial charge in [0.25, 0.3) is 11.6 Å². The van der Waals surface area contributed by atoms with E-state index in [4.69, 9.17) is 4.74 Å². The molecule has 0 saturated carbocycles. The second kappa shape index (κ2) is 11.4. The van der Waals surface area contributed by atoms with Gasteiger partial charge in [0, 0.05) is 44.0 Å². The topological polar surface area (TPSA) is 101 Å². The standard InChI is InChI=1S/C25H33N5O4/c1-19(22-4-2-3-10-26-22)27-23-6-5-21(18-24(23)30(32)33)25(31)29-12-8-20(9-13-29)7-11-28-14-16-34-17-15-28/h2-6,10,18-20,27H,7-9,11-17H2,1H3. The van der Waals surface area contributed by atoms with Crippen molar-refractivity contribution >= 4 is 17.3 Å². The summed E-state index contributed by atoms with van der Waals surface area (Å²) >= 11 is 0. The van der Waals surface area contributed by atoms with Crippen molar-refractivity contribution in [2.24, 2.45) is 5.92 Å². The van der Waals surface area contributed by atoms with E-state index in [1.807, 2.05) is 30.0 Å². The number of anilines is 1. The van der Waals surface area contributed by atoms with Crippen LogP contribution in [0.5, 0.6) is 0 Å². The Morgan fingerprint density at radius 1 is 1.21 bits per heavy atom. The maximum absolute atomic E-state index is 13.1. The second-order valence-electron chi connectivity index (χ2n) is 9.09. The first kappa shape index (κ1) is 24.1. The zero-order valence-electron chi connectivity index (χ0n) is 19.7. The summed E-state index contributed by atoms with van der Waals surface area (Å²) in [6, 6.07) is 10.0. The van der Waals surface area contributed by atoms with E-state index in [2.05, 4.69) is 15.2 Å². The monoisotopic (exact) mass is 467 g/mol. The maximum Gasteiger partial charge on any atom is 0.293 e. The average molecular weight is 468 g/mol. The number of hydrogen-bond acceptors (Lipinski definition) is 7. The Kier molecular flexibility index (Phi) is 8.08. The molecule has 1 aromatic carbocycles. The number of rotatable bonds is 8. The molecule has 2 saturated heterocycles. The van der Waals surface area contributed by atoms with E-state index in [1.54, 1.807) is 18.3 Å². The van der Waals surface area contributed by atoms with Crippen LogP contribution in [0.15, 0.2) is 42.6 Å². The highest BCUT2D eigenvalue weighted by Gasteiger charge is 2.26. The Bertz CT molecular complexity index is 973. The molecule has 2 aliphatic heterocycles. The Hall–Kier alpha value is -3.04. The van der Waals surface area contributed by atoms with Gasteiger partial charge in [-0.2, -0.15) is 0 Å². The van der Waals surface area contributed by atoms with Crippen LogP contribution in [0, 0.1) is 16.0 Å². The van der Waals surface area contributed by atoms with Gasteiger partial charge in [0.15, 0.2) is 0 Å². The number of piperidine rings is 1. The number of morpholine rings is 1. The molecule has 0 spiro atoms. The molecule has 3 heterocycles. The molecule has 9 nitrogen and oxygen atoms in total. The molecule has 0 bridgehead atoms. The summed E-state index contributed by atoms with van der Waals surface area (Å²) in [5.41, 5.74) is 1.42. The molecule has 34 heavy (non-hydrogen) atoms. The van der Waals surface area contributed by atoms with Crippen molar-refractivity contribution in [3.05, 3.63) is 64.0 Å². The predicted octanol–water partition coefficient (Wildman–Crippen LogP) is 3.74. The molecule has 182 valence electrons. The molecule has 2 fully saturated rings. The van der Waals surface area contributed by atoms with Gasteiger partial charge in [0.2, 0.25) is 0 Å². The summed E-state index contributed by atoms with van der Waals surface area (Å²) in [6.45, 7) is 8.00. The third-order valence-corrected chi connectivity index (χ3v) is 6.80. The fourth-order valence-electron chi connectivity index (χ4n) is 4.67. The minimum atomic E-state index is -0.442. The van der Waals surface area contributed by atoms with Gasteiger partial charge in [-0.25, -0.2) is 0 Å². The zero-order valence-corrected chi connectivity index (χ0v) is 19.7. The van der Waals surface area contributed by atoms with Crippen LogP contribution >= 0.6 is 0 Å². The van der Waals surface area contributed by atoms with Crippen molar-refractivity contribution in [1.82, 2.24) is 14.8 Å². The molecule has 1 unspecified atom stereocenters. The van der Waals surface area contributed by atoms with E-state index >= 15 is 0 Å². The average Bonchev–Trinajstić information content (AvgIpc) is 2.88. The van der Waals surface area contributed by atoms with Gasteiger partial charge < -0.3 is 15.0 Å². The number of nitro groups is 1. The van der Waals surface area contributed by atoms with Crippen LogP contribution in [-0.2, 0) is 4.74 Å². The number of pyridine rings is 1. The molecule has 2 aromatic rings. The molecule has 0 radical (unpaired) electrons. The molecule has 9 heteroatoms. The van der Waals surface area contributed by atoms with E-state index in [0.29, 0.717) is 30.3 Å². The van der Waals surface area contributed by atoms with Crippen LogP contribution in [-0.4, -0.2) is 71.6 Å². The van der Waals surface area contributed by atoms with Gasteiger partial charge in [-0.3, -0.25) is 24.8 Å². The summed E-state index contributed by atoms with van der Waals surface area (Å²) in [5.74, 6) is 0.472. The molecule has 0 aliphatic carbocycles. The van der Waals surface area contributed by atoms with Gasteiger partial charge >= 0.3 is 0 Å². The zero-order chi connectivity index (χ0) is 23.9. The van der Waals surface area contributed by atoms with Crippen molar-refractivity contribution in [1.29, 1.82) is 0 Å². The second-order valence-corrected chi connectivity index (χ2v) is 9.09. The van der Waals surface area contributed by atoms with Gasteiger partial charge in [-0.05, 0) is 62.9 Å². The number of nitrogens with zero attached hydrogens (tertiary/aromatic N) is 4. The lowest BCUT2D eigenvalue weighted by Gasteiger charge is -2.34. The molecule has 2 aliphatic rings. The number of amides is 1. The summed E-state index contributed by atoms with van der Waals surface area (Å²) in [7, 11) is 0. The minimum absolute atomic E-state index is 0.103. The van der Waals surface area contributed by atoms with E-state index in [1.165, 1.54) is 6.07 Å². The molecular formula is C25H33N5O4. The highest BCUT2D eigenvalue weighted by atomic mass is 16.6. The third kappa shape index (κ3) is 6.09. The first-order chi connectivity index (χ1) is 16.5. The lowest BCUT2D eigenvalue weighted by atomic mass is 9.93. The molecule has 1 N–H and O–H groups in total. The number of likely N-dealkylation sites (tertiary alicyclic amines) is 1. The first-order valence-electron chi connectivity index (χ1n) is 12.1. The van der Waals surface area contributed by atoms with Crippen LogP contribution in [0.1, 0.15) is 48.3 Å². The fourth-order valence-corrected chi connectivity index (χ4v) is 4.67. The SMILES string of the molecule is CC(Nc1ccc(C(=O)N2CCC(CCN3CCOCC3)CC2)cc1[N+](=O)[O-])c1ccccn1. The lowest BCUT2D eigenvalue weighted by molar-refractivity contribution is -0.384. The van der Waals surface area contributed by atoms with E-state index in [0.717, 1.165) is 57.8 Å². The van der Waals surface area contributed by atoms with Gasteiger partial charge in [-0.1, -0.05) is 6.07 Å². The number of hydrogen-bond donors (Lipinski definition) is 1. The third-order valence-electron chi connectivity index (χ3n) is 6.80. The molecular weight excluding hydrogens is 434 g/mol. The normalized spacial score (nSPS) is 18.4. The predicted molar refractivity (Wildman–Crippen MR) is 130 cm³/mol. The molecule has 1 atom stereocenters. The Labute approximate surface area is 200 Å². The number of carbonyl (C=O) groups is 1. The smallest absolute Gasteiger partial charge is 0.293 e. The summed E-state index contributed by atoms with van der Waals surface area (Å²) in [4.78, 5) is 33.0. The number of benzene rings is 1. The van der Waals surface area contributed by atoms with Crippen LogP contribution in [0.4, 0.5) is 11.4 Å². The van der Waals surface area contributed by atoms with Crippen molar-refractivity contribution in [3.63, 3.8) is 0 Å². The number of carbonyl (C=O) groups excluding carboxylic acids is 1. The van der Waals surface area contributed by atoms with Crippen LogP contribution < -0.4 is 5.32 Å². The van der Waals surface area contributed by atoms with Gasteiger partial charge in [0.1, 0.15) is 5.69 Å². The Balaban J connectivity index is 1.34. The van der Waals surface area contributed by atoms with E-state index < -0.39 is 4.92 Å². The van der Waals surface area contributed by atoms with Crippen molar-refractivity contribution in [3.8, 4) is 0 Å². The van der Waals surface area contributed by atoms with Crippen LogP contribution in [0.2, 0.25) is 0 Å². The number of aromatic nitrogens is 1. The minimum Gasteiger partial charge on any atom is -0.379 e. The van der Waals surface area contributed by atoms with Crippen LogP contribution in [0.25, 0.3) is 0 Å². The number of nitrogens with one attached hydrogen (secondary N) is 1. The Morgan fingerprint density at radius 3 is 2.65 bits per heavy atom. The summed E-state index contributed by atoms with van der Waals surface area (Å²) in [5, 5.41) is 14.9. The van der Waals surface area contributed by atoms with Crippen molar-refractivity contribution in [2.75, 3.05) is 51.3 Å². The number of ether oxygens (including phenoxy) is 1. The molecule has 1 amide bonds. The van der Waals surface area contributed by atoms with E-state index in [-0.39, 0.29) is 17.6 Å². The molecule has 1 aromatic heterocycles. The first-order valence-corrected chi connectivity index (χ1v) is 12.1. The van der Waals surface area contributed by atoms with Crippen LogP contribution in [0.3, 0.4) is 0 Å². The molecule has 4 rings (SSSR count). The quantitative estimate of drug-likeness (QED) is 0.466. The highest BCUT2D eigenvalue weighted by Crippen LogP contribution is 2.30. The Morgan fingerprint density at radius 2 is 1.97 bits per heavy atom. The van der Waals surface area contributed by atoms with Gasteiger partial charge in [-0.15, -0.1) is 0 Å². The van der Waals surface area contributed by atoms with Gasteiger partial charge in [0.05, 0.1) is 29.9 Å². The summed E-state index contributed by atoms with van der Waals surface area (Å²) in [6.07, 6.45) is 4.77. The lowest BCUT2D eigenvalue weighted by Crippen LogP contribution is -2.40. The largest absolute Gasteiger partial charge is 0.379 e. The number of nitro benzene ring substituents is 1.